The molecule has 142 valence electrons. The SMILES string of the molecule is O=C([O-])c1ccccc1N=Cc1c(O)n(Cc2ccc(F)cc2)c(=S)[nH]c1=O. The molecule has 0 saturated carbocycles. The molecule has 0 aliphatic rings. The standard InChI is InChI=1S/C19H14FN3O4S/c20-12-7-5-11(6-8-12)10-23-17(25)14(16(24)22-19(23)28)9-21-15-4-2-1-3-13(15)18(26)27/h1-9,25H,10H2,(H,26,27)(H,22,24,28)/p-1. The van der Waals surface area contributed by atoms with E-state index in [4.69, 9.17) is 12.2 Å². The predicted octanol–water partition coefficient (Wildman–Crippen LogP) is 1.91. The van der Waals surface area contributed by atoms with Crippen LogP contribution in [0.4, 0.5) is 10.1 Å². The van der Waals surface area contributed by atoms with E-state index in [9.17, 15) is 24.2 Å². The first-order valence-electron chi connectivity index (χ1n) is 8.02. The minimum atomic E-state index is -1.42. The highest BCUT2D eigenvalue weighted by molar-refractivity contribution is 7.71. The number of hydrogen-bond donors (Lipinski definition) is 2. The number of carbonyl (C=O) groups excluding carboxylic acids is 1. The average molecular weight is 398 g/mol. The quantitative estimate of drug-likeness (QED) is 0.504. The Labute approximate surface area is 163 Å². The second kappa shape index (κ2) is 7.97. The molecule has 1 heterocycles. The van der Waals surface area contributed by atoms with Gasteiger partial charge in [-0.05, 0) is 36.0 Å². The molecule has 2 N–H and O–H groups in total. The van der Waals surface area contributed by atoms with Crippen LogP contribution in [0.15, 0.2) is 58.3 Å². The van der Waals surface area contributed by atoms with Gasteiger partial charge in [0.25, 0.3) is 5.56 Å². The van der Waals surface area contributed by atoms with Gasteiger partial charge < -0.3 is 15.0 Å². The van der Waals surface area contributed by atoms with Crippen LogP contribution < -0.4 is 10.7 Å². The Kier molecular flexibility index (Phi) is 5.46. The first kappa shape index (κ1) is 19.2. The molecule has 0 unspecified atom stereocenters. The van der Waals surface area contributed by atoms with E-state index < -0.39 is 23.2 Å². The number of para-hydroxylation sites is 1. The Morgan fingerprint density at radius 3 is 2.61 bits per heavy atom. The fraction of sp³-hybridized carbons (Fsp3) is 0.0526. The lowest BCUT2D eigenvalue weighted by molar-refractivity contribution is -0.254. The van der Waals surface area contributed by atoms with Crippen LogP contribution in [0.1, 0.15) is 21.5 Å². The van der Waals surface area contributed by atoms with Gasteiger partial charge >= 0.3 is 0 Å². The zero-order valence-electron chi connectivity index (χ0n) is 14.3. The summed E-state index contributed by atoms with van der Waals surface area (Å²) in [7, 11) is 0. The number of carboxylic acids is 1. The van der Waals surface area contributed by atoms with Gasteiger partial charge in [0.1, 0.15) is 11.4 Å². The molecule has 0 fully saturated rings. The summed E-state index contributed by atoms with van der Waals surface area (Å²) in [4.78, 5) is 29.7. The predicted molar refractivity (Wildman–Crippen MR) is 101 cm³/mol. The molecule has 0 radical (unpaired) electrons. The number of carbonyl (C=O) groups is 1. The van der Waals surface area contributed by atoms with E-state index in [1.165, 1.54) is 47.0 Å². The van der Waals surface area contributed by atoms with Crippen molar-refractivity contribution < 1.29 is 19.4 Å². The normalized spacial score (nSPS) is 11.0. The summed E-state index contributed by atoms with van der Waals surface area (Å²) in [5, 5.41) is 21.7. The summed E-state index contributed by atoms with van der Waals surface area (Å²) in [6, 6.07) is 11.4. The highest BCUT2D eigenvalue weighted by Gasteiger charge is 2.12. The fourth-order valence-electron chi connectivity index (χ4n) is 2.50. The van der Waals surface area contributed by atoms with Crippen molar-refractivity contribution >= 4 is 30.1 Å². The third kappa shape index (κ3) is 4.04. The molecule has 28 heavy (non-hydrogen) atoms. The number of halogens is 1. The van der Waals surface area contributed by atoms with Gasteiger partial charge in [-0.15, -0.1) is 0 Å². The number of nitrogens with one attached hydrogen (secondary N) is 1. The maximum atomic E-state index is 13.1. The lowest BCUT2D eigenvalue weighted by Gasteiger charge is -2.11. The molecular formula is C19H13FN3O4S-. The summed E-state index contributed by atoms with van der Waals surface area (Å²) >= 11 is 5.09. The summed E-state index contributed by atoms with van der Waals surface area (Å²) in [6.07, 6.45) is 1.05. The Morgan fingerprint density at radius 1 is 1.25 bits per heavy atom. The molecule has 0 bridgehead atoms. The lowest BCUT2D eigenvalue weighted by atomic mass is 10.2. The zero-order chi connectivity index (χ0) is 20.3. The number of carboxylic acid groups (broad SMARTS) is 1. The third-order valence-corrected chi connectivity index (χ3v) is 4.24. The van der Waals surface area contributed by atoms with Crippen molar-refractivity contribution in [2.75, 3.05) is 0 Å². The van der Waals surface area contributed by atoms with Gasteiger partial charge in [-0.25, -0.2) is 4.39 Å². The molecule has 3 rings (SSSR count). The number of aromatic carboxylic acids is 1. The summed E-state index contributed by atoms with van der Waals surface area (Å²) in [5.41, 5.74) is -0.344. The molecule has 0 spiro atoms. The summed E-state index contributed by atoms with van der Waals surface area (Å²) in [6.45, 7) is 0.0815. The number of aromatic amines is 1. The third-order valence-electron chi connectivity index (χ3n) is 3.92. The molecular weight excluding hydrogens is 385 g/mol. The van der Waals surface area contributed by atoms with Gasteiger partial charge in [0, 0.05) is 11.8 Å². The minimum Gasteiger partial charge on any atom is -0.545 e. The molecule has 0 aliphatic heterocycles. The Bertz CT molecular complexity index is 1180. The smallest absolute Gasteiger partial charge is 0.264 e. The maximum absolute atomic E-state index is 13.1. The highest BCUT2D eigenvalue weighted by atomic mass is 32.1. The highest BCUT2D eigenvalue weighted by Crippen LogP contribution is 2.19. The number of benzene rings is 2. The maximum Gasteiger partial charge on any atom is 0.264 e. The van der Waals surface area contributed by atoms with E-state index in [2.05, 4.69) is 9.98 Å². The van der Waals surface area contributed by atoms with E-state index in [1.54, 1.807) is 6.07 Å². The van der Waals surface area contributed by atoms with Crippen molar-refractivity contribution in [2.24, 2.45) is 4.99 Å². The van der Waals surface area contributed by atoms with Gasteiger partial charge in [0.15, 0.2) is 4.77 Å². The van der Waals surface area contributed by atoms with Crippen LogP contribution in [-0.4, -0.2) is 26.8 Å². The van der Waals surface area contributed by atoms with E-state index >= 15 is 0 Å². The van der Waals surface area contributed by atoms with Crippen LogP contribution in [0.25, 0.3) is 0 Å². The van der Waals surface area contributed by atoms with Crippen molar-refractivity contribution in [1.29, 1.82) is 0 Å². The van der Waals surface area contributed by atoms with Crippen LogP contribution in [0.5, 0.6) is 5.88 Å². The average Bonchev–Trinajstić information content (AvgIpc) is 2.66. The molecule has 3 aromatic rings. The second-order valence-corrected chi connectivity index (χ2v) is 6.16. The van der Waals surface area contributed by atoms with Crippen molar-refractivity contribution in [2.45, 2.75) is 6.54 Å². The van der Waals surface area contributed by atoms with E-state index in [1.807, 2.05) is 0 Å². The largest absolute Gasteiger partial charge is 0.545 e. The first-order chi connectivity index (χ1) is 13.4. The minimum absolute atomic E-state index is 0.0286. The Morgan fingerprint density at radius 2 is 1.93 bits per heavy atom. The number of hydrogen-bond acceptors (Lipinski definition) is 6. The Balaban J connectivity index is 2.03. The van der Waals surface area contributed by atoms with Gasteiger partial charge in [0.2, 0.25) is 5.88 Å². The van der Waals surface area contributed by atoms with Crippen molar-refractivity contribution in [3.8, 4) is 5.88 Å². The molecule has 7 nitrogen and oxygen atoms in total. The lowest BCUT2D eigenvalue weighted by Crippen LogP contribution is -2.22. The topological polar surface area (TPSA) is 111 Å². The number of aromatic hydroxyl groups is 1. The molecule has 1 aromatic heterocycles. The summed E-state index contributed by atoms with van der Waals surface area (Å²) in [5.74, 6) is -2.27. The number of nitrogens with zero attached hydrogens (tertiary/aromatic N) is 2. The first-order valence-corrected chi connectivity index (χ1v) is 8.42. The molecule has 0 aliphatic carbocycles. The summed E-state index contributed by atoms with van der Waals surface area (Å²) < 4.78 is 14.3. The molecule has 0 atom stereocenters. The van der Waals surface area contributed by atoms with Crippen molar-refractivity contribution in [3.05, 3.63) is 86.2 Å². The zero-order valence-corrected chi connectivity index (χ0v) is 15.1. The molecule has 0 saturated heterocycles. The van der Waals surface area contributed by atoms with Crippen LogP contribution in [0, 0.1) is 10.6 Å². The molecule has 0 amide bonds. The van der Waals surface area contributed by atoms with Gasteiger partial charge in [-0.1, -0.05) is 30.3 Å². The van der Waals surface area contributed by atoms with Crippen molar-refractivity contribution in [3.63, 3.8) is 0 Å². The number of rotatable bonds is 5. The second-order valence-electron chi connectivity index (χ2n) is 5.77. The van der Waals surface area contributed by atoms with Gasteiger partial charge in [-0.3, -0.25) is 19.3 Å². The molecule has 2 aromatic carbocycles. The van der Waals surface area contributed by atoms with E-state index in [0.29, 0.717) is 5.56 Å². The van der Waals surface area contributed by atoms with Gasteiger partial charge in [0.05, 0.1) is 18.2 Å². The van der Waals surface area contributed by atoms with Crippen molar-refractivity contribution in [1.82, 2.24) is 9.55 Å². The van der Waals surface area contributed by atoms with E-state index in [0.717, 1.165) is 6.21 Å². The number of H-pyrrole nitrogens is 1. The fourth-order valence-corrected chi connectivity index (χ4v) is 2.75. The number of aromatic nitrogens is 2. The van der Waals surface area contributed by atoms with E-state index in [-0.39, 0.29) is 28.1 Å². The van der Waals surface area contributed by atoms with Crippen LogP contribution in [0.2, 0.25) is 0 Å². The number of aliphatic imine (C=N–C) groups is 1. The van der Waals surface area contributed by atoms with Gasteiger partial charge in [-0.2, -0.15) is 0 Å². The van der Waals surface area contributed by atoms with Crippen LogP contribution in [-0.2, 0) is 6.54 Å². The monoisotopic (exact) mass is 398 g/mol. The molecule has 9 heteroatoms. The Hall–Kier alpha value is -3.59. The van der Waals surface area contributed by atoms with Crippen LogP contribution in [0.3, 0.4) is 0 Å². The van der Waals surface area contributed by atoms with Crippen LogP contribution >= 0.6 is 12.2 Å².